The summed E-state index contributed by atoms with van der Waals surface area (Å²) in [6.45, 7) is 7.73. The Hall–Kier alpha value is -0.0400. The van der Waals surface area contributed by atoms with Crippen LogP contribution in [0.5, 0.6) is 0 Å². The van der Waals surface area contributed by atoms with E-state index in [0.717, 1.165) is 13.0 Å². The zero-order valence-electron chi connectivity index (χ0n) is 13.0. The molecule has 3 N–H and O–H groups in total. The Morgan fingerprint density at radius 3 is 2.32 bits per heavy atom. The van der Waals surface area contributed by atoms with Gasteiger partial charge in [0.1, 0.15) is 0 Å². The van der Waals surface area contributed by atoms with Gasteiger partial charge in [0.15, 0.2) is 5.96 Å². The molecule has 0 bridgehead atoms. The number of hydrogen-bond acceptors (Lipinski definition) is 2. The number of unbranched alkanes of at least 4 members (excludes halogenated alkanes) is 5. The molecule has 0 heterocycles. The quantitative estimate of drug-likeness (QED) is 0.263. The van der Waals surface area contributed by atoms with Crippen LogP contribution in [0.15, 0.2) is 4.99 Å². The summed E-state index contributed by atoms with van der Waals surface area (Å²) in [4.78, 5) is 4.27. The van der Waals surface area contributed by atoms with E-state index in [2.05, 4.69) is 17.2 Å². The Balaban J connectivity index is 0. The Morgan fingerprint density at radius 2 is 1.74 bits per heavy atom. The molecule has 0 atom stereocenters. The molecule has 0 saturated carbocycles. The number of halogens is 1. The number of aliphatic imine (C=N–C) groups is 1. The second kappa shape index (κ2) is 13.0. The van der Waals surface area contributed by atoms with E-state index in [9.17, 15) is 0 Å². The van der Waals surface area contributed by atoms with Gasteiger partial charge >= 0.3 is 0 Å². The van der Waals surface area contributed by atoms with Gasteiger partial charge in [0.25, 0.3) is 0 Å². The minimum absolute atomic E-state index is 0. The van der Waals surface area contributed by atoms with E-state index in [1.165, 1.54) is 32.1 Å². The maximum absolute atomic E-state index is 5.78. The Bertz CT molecular complexity index is 233. The van der Waals surface area contributed by atoms with E-state index >= 15 is 0 Å². The van der Waals surface area contributed by atoms with Gasteiger partial charge in [-0.2, -0.15) is 0 Å². The first-order valence-electron chi connectivity index (χ1n) is 7.11. The fraction of sp³-hybridized carbons (Fsp3) is 0.929. The van der Waals surface area contributed by atoms with Crippen LogP contribution in [0.25, 0.3) is 0 Å². The number of rotatable bonds is 10. The largest absolute Gasteiger partial charge is 0.377 e. The molecule has 4 nitrogen and oxygen atoms in total. The van der Waals surface area contributed by atoms with Gasteiger partial charge in [-0.3, -0.25) is 4.99 Å². The highest BCUT2D eigenvalue weighted by molar-refractivity contribution is 14.0. The number of guanidine groups is 1. The SMILES string of the molecule is CCCCCCCCNC(N)=NCC(C)(C)OC.I. The summed E-state index contributed by atoms with van der Waals surface area (Å²) in [5, 5.41) is 3.14. The minimum Gasteiger partial charge on any atom is -0.377 e. The number of nitrogens with two attached hydrogens (primary N) is 1. The molecule has 0 aliphatic rings. The van der Waals surface area contributed by atoms with Gasteiger partial charge < -0.3 is 15.8 Å². The zero-order chi connectivity index (χ0) is 13.9. The number of methoxy groups -OCH3 is 1. The van der Waals surface area contributed by atoms with Crippen molar-refractivity contribution in [2.75, 3.05) is 20.2 Å². The summed E-state index contributed by atoms with van der Waals surface area (Å²) in [6.07, 6.45) is 7.75. The van der Waals surface area contributed by atoms with Crippen LogP contribution in [-0.2, 0) is 4.74 Å². The lowest BCUT2D eigenvalue weighted by atomic mass is 10.1. The van der Waals surface area contributed by atoms with Gasteiger partial charge in [0, 0.05) is 13.7 Å². The molecule has 0 unspecified atom stereocenters. The standard InChI is InChI=1S/C14H31N3O.HI/c1-5-6-7-8-9-10-11-16-13(15)17-12-14(2,3)18-4;/h5-12H2,1-4H3,(H3,15,16,17);1H. The molecule has 0 saturated heterocycles. The van der Waals surface area contributed by atoms with Gasteiger partial charge in [-0.15, -0.1) is 24.0 Å². The highest BCUT2D eigenvalue weighted by Gasteiger charge is 2.15. The summed E-state index contributed by atoms with van der Waals surface area (Å²) < 4.78 is 5.28. The van der Waals surface area contributed by atoms with E-state index in [1.807, 2.05) is 13.8 Å². The molecule has 0 aromatic heterocycles. The van der Waals surface area contributed by atoms with Crippen molar-refractivity contribution in [1.29, 1.82) is 0 Å². The topological polar surface area (TPSA) is 59.6 Å². The van der Waals surface area contributed by atoms with Crippen molar-refractivity contribution in [1.82, 2.24) is 5.32 Å². The molecule has 0 aromatic carbocycles. The van der Waals surface area contributed by atoms with Crippen LogP contribution in [0.3, 0.4) is 0 Å². The first-order chi connectivity index (χ1) is 8.52. The molecule has 0 rings (SSSR count). The molecule has 0 spiro atoms. The second-order valence-electron chi connectivity index (χ2n) is 5.36. The van der Waals surface area contributed by atoms with Crippen molar-refractivity contribution in [2.45, 2.75) is 64.9 Å². The van der Waals surface area contributed by atoms with E-state index in [-0.39, 0.29) is 29.6 Å². The van der Waals surface area contributed by atoms with Gasteiger partial charge in [0.05, 0.1) is 12.1 Å². The number of nitrogens with zero attached hydrogens (tertiary/aromatic N) is 1. The van der Waals surface area contributed by atoms with E-state index in [4.69, 9.17) is 10.5 Å². The highest BCUT2D eigenvalue weighted by Crippen LogP contribution is 2.07. The van der Waals surface area contributed by atoms with Crippen molar-refractivity contribution in [3.8, 4) is 0 Å². The summed E-state index contributed by atoms with van der Waals surface area (Å²) in [5.74, 6) is 0.522. The Kier molecular flexibility index (Phi) is 14.5. The lowest BCUT2D eigenvalue weighted by Gasteiger charge is -2.20. The third-order valence-corrected chi connectivity index (χ3v) is 3.02. The van der Waals surface area contributed by atoms with Crippen molar-refractivity contribution in [3.05, 3.63) is 0 Å². The first-order valence-corrected chi connectivity index (χ1v) is 7.11. The zero-order valence-corrected chi connectivity index (χ0v) is 15.3. The van der Waals surface area contributed by atoms with Crippen molar-refractivity contribution in [2.24, 2.45) is 10.7 Å². The molecular weight excluding hydrogens is 353 g/mol. The predicted molar refractivity (Wildman–Crippen MR) is 94.4 cm³/mol. The Labute approximate surface area is 136 Å². The van der Waals surface area contributed by atoms with E-state index < -0.39 is 0 Å². The summed E-state index contributed by atoms with van der Waals surface area (Å²) in [5.41, 5.74) is 5.54. The molecule has 0 aliphatic heterocycles. The van der Waals surface area contributed by atoms with Gasteiger partial charge in [-0.25, -0.2) is 0 Å². The molecule has 0 fully saturated rings. The average Bonchev–Trinajstić information content (AvgIpc) is 2.35. The number of nitrogens with one attached hydrogen (secondary N) is 1. The first kappa shape index (κ1) is 21.3. The van der Waals surface area contributed by atoms with E-state index in [1.54, 1.807) is 7.11 Å². The normalized spacial score (nSPS) is 12.1. The van der Waals surface area contributed by atoms with Crippen molar-refractivity contribution in [3.63, 3.8) is 0 Å². The third kappa shape index (κ3) is 14.2. The lowest BCUT2D eigenvalue weighted by Crippen LogP contribution is -2.35. The van der Waals surface area contributed by atoms with Crippen LogP contribution in [0.4, 0.5) is 0 Å². The van der Waals surface area contributed by atoms with Crippen molar-refractivity contribution < 1.29 is 4.74 Å². The summed E-state index contributed by atoms with van der Waals surface area (Å²) in [7, 11) is 1.69. The molecule has 19 heavy (non-hydrogen) atoms. The smallest absolute Gasteiger partial charge is 0.188 e. The number of hydrogen-bond donors (Lipinski definition) is 2. The third-order valence-electron chi connectivity index (χ3n) is 3.02. The summed E-state index contributed by atoms with van der Waals surface area (Å²) in [6, 6.07) is 0. The monoisotopic (exact) mass is 385 g/mol. The highest BCUT2D eigenvalue weighted by atomic mass is 127. The fourth-order valence-electron chi connectivity index (χ4n) is 1.52. The maximum Gasteiger partial charge on any atom is 0.188 e. The molecule has 116 valence electrons. The van der Waals surface area contributed by atoms with E-state index in [0.29, 0.717) is 12.5 Å². The van der Waals surface area contributed by atoms with Crippen LogP contribution >= 0.6 is 24.0 Å². The van der Waals surface area contributed by atoms with Gasteiger partial charge in [-0.1, -0.05) is 39.0 Å². The second-order valence-corrected chi connectivity index (χ2v) is 5.36. The fourth-order valence-corrected chi connectivity index (χ4v) is 1.52. The molecule has 0 amide bonds. The van der Waals surface area contributed by atoms with Crippen LogP contribution in [-0.4, -0.2) is 31.8 Å². The number of ether oxygens (including phenoxy) is 1. The Morgan fingerprint density at radius 1 is 1.16 bits per heavy atom. The molecular formula is C14H32IN3O. The molecule has 0 aliphatic carbocycles. The summed E-state index contributed by atoms with van der Waals surface area (Å²) >= 11 is 0. The van der Waals surface area contributed by atoms with Crippen LogP contribution < -0.4 is 11.1 Å². The molecule has 0 aromatic rings. The predicted octanol–water partition coefficient (Wildman–Crippen LogP) is 3.29. The minimum atomic E-state index is -0.244. The van der Waals surface area contributed by atoms with Crippen LogP contribution in [0.1, 0.15) is 59.3 Å². The van der Waals surface area contributed by atoms with Gasteiger partial charge in [-0.05, 0) is 20.3 Å². The van der Waals surface area contributed by atoms with Crippen LogP contribution in [0.2, 0.25) is 0 Å². The molecule has 0 radical (unpaired) electrons. The van der Waals surface area contributed by atoms with Crippen molar-refractivity contribution >= 4 is 29.9 Å². The average molecular weight is 385 g/mol. The molecule has 5 heteroatoms. The maximum atomic E-state index is 5.78. The lowest BCUT2D eigenvalue weighted by molar-refractivity contribution is 0.0311. The van der Waals surface area contributed by atoms with Crippen LogP contribution in [0, 0.1) is 0 Å². The van der Waals surface area contributed by atoms with Gasteiger partial charge in [0.2, 0.25) is 0 Å².